The van der Waals surface area contributed by atoms with Crippen LogP contribution in [-0.4, -0.2) is 42.5 Å². The van der Waals surface area contributed by atoms with E-state index in [4.69, 9.17) is 0 Å². The lowest BCUT2D eigenvalue weighted by Gasteiger charge is -2.13. The van der Waals surface area contributed by atoms with Gasteiger partial charge in [0.25, 0.3) is 0 Å². The van der Waals surface area contributed by atoms with Gasteiger partial charge in [0, 0.05) is 43.4 Å². The summed E-state index contributed by atoms with van der Waals surface area (Å²) in [6.07, 6.45) is 2.23. The second-order valence-electron chi connectivity index (χ2n) is 5.81. The van der Waals surface area contributed by atoms with Crippen molar-refractivity contribution >= 4 is 47.2 Å². The number of amides is 1. The number of hydrogen-bond acceptors (Lipinski definition) is 4. The standard InChI is InChI=1S/C17H31N5OS.HI/c1-6-12(3)21-15(23)8-10-19-17(18-7-2)20-11-9-16-22-13(4)14(5)24-16;/h12H,6-11H2,1-5H3,(H,21,23)(H2,18,19,20);1H. The summed E-state index contributed by atoms with van der Waals surface area (Å²) in [5, 5.41) is 10.5. The fourth-order valence-electron chi connectivity index (χ4n) is 1.99. The average Bonchev–Trinajstić information content (AvgIpc) is 2.85. The molecule has 0 saturated heterocycles. The highest BCUT2D eigenvalue weighted by atomic mass is 127. The molecule has 25 heavy (non-hydrogen) atoms. The van der Waals surface area contributed by atoms with Crippen molar-refractivity contribution in [2.75, 3.05) is 19.6 Å². The van der Waals surface area contributed by atoms with Crippen LogP contribution < -0.4 is 16.0 Å². The van der Waals surface area contributed by atoms with Crippen molar-refractivity contribution in [3.8, 4) is 0 Å². The van der Waals surface area contributed by atoms with E-state index in [2.05, 4.69) is 39.8 Å². The van der Waals surface area contributed by atoms with Crippen LogP contribution in [0.4, 0.5) is 0 Å². The van der Waals surface area contributed by atoms with E-state index in [1.165, 1.54) is 4.88 Å². The van der Waals surface area contributed by atoms with Crippen LogP contribution in [0.25, 0.3) is 0 Å². The molecule has 6 nitrogen and oxygen atoms in total. The van der Waals surface area contributed by atoms with Crippen LogP contribution in [0.3, 0.4) is 0 Å². The molecule has 0 aliphatic heterocycles. The molecule has 0 aliphatic rings. The lowest BCUT2D eigenvalue weighted by molar-refractivity contribution is -0.121. The maximum atomic E-state index is 11.8. The Morgan fingerprint density at radius 2 is 2.00 bits per heavy atom. The van der Waals surface area contributed by atoms with Crippen LogP contribution in [0.2, 0.25) is 0 Å². The van der Waals surface area contributed by atoms with E-state index in [0.29, 0.717) is 19.5 Å². The molecule has 3 N–H and O–H groups in total. The molecule has 1 heterocycles. The zero-order valence-corrected chi connectivity index (χ0v) is 19.1. The van der Waals surface area contributed by atoms with Gasteiger partial charge in [-0.3, -0.25) is 9.79 Å². The van der Waals surface area contributed by atoms with Crippen molar-refractivity contribution in [3.05, 3.63) is 15.6 Å². The Balaban J connectivity index is 0.00000576. The Morgan fingerprint density at radius 3 is 2.56 bits per heavy atom. The number of hydrogen-bond donors (Lipinski definition) is 3. The van der Waals surface area contributed by atoms with Crippen molar-refractivity contribution in [1.82, 2.24) is 20.9 Å². The normalized spacial score (nSPS) is 12.3. The maximum absolute atomic E-state index is 11.8. The first-order chi connectivity index (χ1) is 11.5. The van der Waals surface area contributed by atoms with Crippen molar-refractivity contribution in [2.45, 2.75) is 59.9 Å². The fourth-order valence-corrected chi connectivity index (χ4v) is 2.92. The molecular weight excluding hydrogens is 449 g/mol. The van der Waals surface area contributed by atoms with E-state index in [-0.39, 0.29) is 35.9 Å². The Labute approximate surface area is 172 Å². The summed E-state index contributed by atoms with van der Waals surface area (Å²) >= 11 is 1.73. The molecule has 1 aromatic heterocycles. The van der Waals surface area contributed by atoms with Crippen molar-refractivity contribution < 1.29 is 4.79 Å². The Hall–Kier alpha value is -0.900. The second-order valence-corrected chi connectivity index (χ2v) is 7.10. The third-order valence-corrected chi connectivity index (χ3v) is 4.81. The summed E-state index contributed by atoms with van der Waals surface area (Å²) in [6, 6.07) is 0.226. The summed E-state index contributed by atoms with van der Waals surface area (Å²) in [6.45, 7) is 12.3. The van der Waals surface area contributed by atoms with Gasteiger partial charge in [-0.05, 0) is 34.1 Å². The minimum atomic E-state index is 0. The van der Waals surface area contributed by atoms with Crippen LogP contribution in [0.15, 0.2) is 4.99 Å². The first-order valence-electron chi connectivity index (χ1n) is 8.70. The number of carbonyl (C=O) groups excluding carboxylic acids is 1. The molecule has 8 heteroatoms. The van der Waals surface area contributed by atoms with Gasteiger partial charge >= 0.3 is 0 Å². The minimum absolute atomic E-state index is 0. The molecule has 1 aromatic rings. The summed E-state index contributed by atoms with van der Waals surface area (Å²) in [7, 11) is 0. The topological polar surface area (TPSA) is 78.4 Å². The zero-order valence-electron chi connectivity index (χ0n) is 15.9. The highest BCUT2D eigenvalue weighted by Gasteiger charge is 2.06. The highest BCUT2D eigenvalue weighted by molar-refractivity contribution is 14.0. The summed E-state index contributed by atoms with van der Waals surface area (Å²) in [5.74, 6) is 0.820. The molecule has 0 bridgehead atoms. The van der Waals surface area contributed by atoms with Crippen molar-refractivity contribution in [3.63, 3.8) is 0 Å². The van der Waals surface area contributed by atoms with Gasteiger partial charge in [0.1, 0.15) is 0 Å². The summed E-state index contributed by atoms with van der Waals surface area (Å²) in [4.78, 5) is 22.1. The Morgan fingerprint density at radius 1 is 1.28 bits per heavy atom. The van der Waals surface area contributed by atoms with E-state index < -0.39 is 0 Å². The first kappa shape index (κ1) is 24.1. The average molecular weight is 481 g/mol. The molecule has 1 amide bonds. The lowest BCUT2D eigenvalue weighted by atomic mass is 10.2. The predicted molar refractivity (Wildman–Crippen MR) is 117 cm³/mol. The summed E-state index contributed by atoms with van der Waals surface area (Å²) in [5.41, 5.74) is 1.11. The second kappa shape index (κ2) is 13.3. The van der Waals surface area contributed by atoms with Gasteiger partial charge in [-0.15, -0.1) is 35.3 Å². The largest absolute Gasteiger partial charge is 0.357 e. The van der Waals surface area contributed by atoms with E-state index >= 15 is 0 Å². The number of thiazole rings is 1. The van der Waals surface area contributed by atoms with Crippen LogP contribution in [0, 0.1) is 13.8 Å². The smallest absolute Gasteiger partial charge is 0.221 e. The zero-order chi connectivity index (χ0) is 17.9. The van der Waals surface area contributed by atoms with Crippen molar-refractivity contribution in [2.24, 2.45) is 4.99 Å². The maximum Gasteiger partial charge on any atom is 0.221 e. The molecule has 1 unspecified atom stereocenters. The molecule has 144 valence electrons. The monoisotopic (exact) mass is 481 g/mol. The number of nitrogens with zero attached hydrogens (tertiary/aromatic N) is 2. The van der Waals surface area contributed by atoms with Crippen molar-refractivity contribution in [1.29, 1.82) is 0 Å². The number of halogens is 1. The molecule has 0 saturated carbocycles. The van der Waals surface area contributed by atoms with Crippen LogP contribution in [0.1, 0.15) is 49.2 Å². The first-order valence-corrected chi connectivity index (χ1v) is 9.52. The van der Waals surface area contributed by atoms with Gasteiger partial charge < -0.3 is 16.0 Å². The third kappa shape index (κ3) is 9.98. The number of aromatic nitrogens is 1. The predicted octanol–water partition coefficient (Wildman–Crippen LogP) is 2.78. The molecule has 0 aliphatic carbocycles. The molecule has 0 radical (unpaired) electrons. The molecule has 1 rings (SSSR count). The highest BCUT2D eigenvalue weighted by Crippen LogP contribution is 2.16. The number of guanidine groups is 1. The number of carbonyl (C=O) groups is 1. The van der Waals surface area contributed by atoms with E-state index in [1.807, 2.05) is 20.8 Å². The molecule has 0 aromatic carbocycles. The number of aliphatic imine (C=N–C) groups is 1. The van der Waals surface area contributed by atoms with Crippen LogP contribution >= 0.6 is 35.3 Å². The Bertz CT molecular complexity index is 528. The van der Waals surface area contributed by atoms with Crippen LogP contribution in [0.5, 0.6) is 0 Å². The fraction of sp³-hybridized carbons (Fsp3) is 0.706. The molecule has 0 fully saturated rings. The molecular formula is C17H32IN5OS. The van der Waals surface area contributed by atoms with E-state index in [9.17, 15) is 4.79 Å². The quantitative estimate of drug-likeness (QED) is 0.288. The van der Waals surface area contributed by atoms with Gasteiger partial charge in [0.15, 0.2) is 5.96 Å². The molecule has 0 spiro atoms. The van der Waals surface area contributed by atoms with Gasteiger partial charge in [-0.2, -0.15) is 0 Å². The van der Waals surface area contributed by atoms with Gasteiger partial charge in [-0.1, -0.05) is 6.92 Å². The van der Waals surface area contributed by atoms with Crippen LogP contribution in [-0.2, 0) is 11.2 Å². The van der Waals surface area contributed by atoms with Gasteiger partial charge in [-0.25, -0.2) is 4.98 Å². The van der Waals surface area contributed by atoms with Gasteiger partial charge in [0.05, 0.1) is 10.7 Å². The van der Waals surface area contributed by atoms with E-state index in [1.54, 1.807) is 11.3 Å². The van der Waals surface area contributed by atoms with E-state index in [0.717, 1.165) is 36.0 Å². The lowest BCUT2D eigenvalue weighted by Crippen LogP contribution is -2.40. The SMILES string of the molecule is CCNC(=NCCc1nc(C)c(C)s1)NCCC(=O)NC(C)CC.I. The number of rotatable bonds is 9. The number of nitrogens with one attached hydrogen (secondary N) is 3. The van der Waals surface area contributed by atoms with Gasteiger partial charge in [0.2, 0.25) is 5.91 Å². The number of aryl methyl sites for hydroxylation is 2. The minimum Gasteiger partial charge on any atom is -0.357 e. The Kier molecular flexibility index (Phi) is 12.8. The molecule has 1 atom stereocenters. The third-order valence-electron chi connectivity index (χ3n) is 3.68. The summed E-state index contributed by atoms with van der Waals surface area (Å²) < 4.78 is 0.